The van der Waals surface area contributed by atoms with Crippen molar-refractivity contribution in [3.8, 4) is 0 Å². The molecule has 0 aliphatic carbocycles. The molecule has 54 valence electrons. The van der Waals surface area contributed by atoms with Crippen molar-refractivity contribution in [2.45, 2.75) is 19.8 Å². The molecule has 0 saturated heterocycles. The van der Waals surface area contributed by atoms with E-state index in [0.29, 0.717) is 4.32 Å². The molecule has 0 aromatic carbocycles. The van der Waals surface area contributed by atoms with Crippen LogP contribution in [0.4, 0.5) is 0 Å². The summed E-state index contributed by atoms with van der Waals surface area (Å²) >= 11 is 5.99. The molecule has 1 nitrogen and oxygen atoms in total. The predicted molar refractivity (Wildman–Crippen MR) is 44.3 cm³/mol. The molecule has 0 radical (unpaired) electrons. The number of thioether (sulfide) groups is 1. The van der Waals surface area contributed by atoms with Gasteiger partial charge in [-0.15, -0.1) is 11.8 Å². The minimum absolute atomic E-state index is 0. The SMILES string of the molecule is CCCCSC([NH-])=S.[Mo]. The molecule has 0 spiro atoms. The molecule has 0 aliphatic rings. The van der Waals surface area contributed by atoms with Crippen LogP contribution in [0.5, 0.6) is 0 Å². The van der Waals surface area contributed by atoms with E-state index in [-0.39, 0.29) is 21.1 Å². The molecule has 0 aromatic heterocycles. The van der Waals surface area contributed by atoms with Crippen LogP contribution in [0.1, 0.15) is 19.8 Å². The van der Waals surface area contributed by atoms with Crippen LogP contribution < -0.4 is 0 Å². The molecule has 0 saturated carbocycles. The van der Waals surface area contributed by atoms with Crippen LogP contribution in [-0.4, -0.2) is 10.1 Å². The van der Waals surface area contributed by atoms with Gasteiger partial charge in [0.25, 0.3) is 0 Å². The van der Waals surface area contributed by atoms with Gasteiger partial charge in [-0.1, -0.05) is 25.6 Å². The van der Waals surface area contributed by atoms with E-state index in [2.05, 4.69) is 19.1 Å². The Morgan fingerprint density at radius 1 is 1.67 bits per heavy atom. The minimum Gasteiger partial charge on any atom is -0.684 e. The minimum atomic E-state index is 0. The van der Waals surface area contributed by atoms with Crippen LogP contribution in [0.3, 0.4) is 0 Å². The number of thiocarbonyl (C=S) groups is 1. The summed E-state index contributed by atoms with van der Waals surface area (Å²) < 4.78 is 0.318. The zero-order valence-corrected chi connectivity index (χ0v) is 8.99. The van der Waals surface area contributed by atoms with E-state index >= 15 is 0 Å². The Kier molecular flexibility index (Phi) is 12.5. The number of hydrogen-bond donors (Lipinski definition) is 0. The summed E-state index contributed by atoms with van der Waals surface area (Å²) in [5.41, 5.74) is 6.85. The van der Waals surface area contributed by atoms with Crippen LogP contribution in [0.15, 0.2) is 0 Å². The second-order valence-electron chi connectivity index (χ2n) is 1.49. The molecule has 0 rings (SSSR count). The molecule has 0 bridgehead atoms. The van der Waals surface area contributed by atoms with Crippen LogP contribution >= 0.6 is 24.0 Å². The maximum Gasteiger partial charge on any atom is 0 e. The van der Waals surface area contributed by atoms with Gasteiger partial charge < -0.3 is 5.73 Å². The van der Waals surface area contributed by atoms with Crippen LogP contribution in [0, 0.1) is 0 Å². The summed E-state index contributed by atoms with van der Waals surface area (Å²) in [6.45, 7) is 2.13. The van der Waals surface area contributed by atoms with Crippen LogP contribution in [0.25, 0.3) is 5.73 Å². The largest absolute Gasteiger partial charge is 0.684 e. The Labute approximate surface area is 80.4 Å². The summed E-state index contributed by atoms with van der Waals surface area (Å²) in [4.78, 5) is 0. The molecular formula is C5H10MoNS2-. The van der Waals surface area contributed by atoms with Gasteiger partial charge in [-0.2, -0.15) is 0 Å². The van der Waals surface area contributed by atoms with Crippen LogP contribution in [0.2, 0.25) is 0 Å². The molecule has 0 atom stereocenters. The van der Waals surface area contributed by atoms with Gasteiger partial charge >= 0.3 is 0 Å². The second-order valence-corrected chi connectivity index (χ2v) is 3.26. The molecule has 4 heteroatoms. The number of unbranched alkanes of at least 4 members (excludes halogenated alkanes) is 1. The molecule has 0 unspecified atom stereocenters. The van der Waals surface area contributed by atoms with Crippen molar-refractivity contribution in [1.82, 2.24) is 0 Å². The topological polar surface area (TPSA) is 23.8 Å². The molecule has 0 fully saturated rings. The zero-order chi connectivity index (χ0) is 6.41. The number of nitrogens with one attached hydrogen (secondary N) is 1. The molecule has 9 heavy (non-hydrogen) atoms. The van der Waals surface area contributed by atoms with Gasteiger partial charge in [0, 0.05) is 21.1 Å². The molecule has 0 amide bonds. The van der Waals surface area contributed by atoms with E-state index in [4.69, 9.17) is 5.73 Å². The van der Waals surface area contributed by atoms with E-state index in [1.165, 1.54) is 24.6 Å². The normalized spacial score (nSPS) is 8.11. The van der Waals surface area contributed by atoms with Gasteiger partial charge in [-0.05, 0) is 16.5 Å². The average Bonchev–Trinajstić information content (AvgIpc) is 1.66. The van der Waals surface area contributed by atoms with Gasteiger partial charge in [-0.25, -0.2) is 0 Å². The third-order valence-corrected chi connectivity index (χ3v) is 1.84. The molecule has 0 heterocycles. The fraction of sp³-hybridized carbons (Fsp3) is 0.800. The van der Waals surface area contributed by atoms with Gasteiger partial charge in [-0.3, -0.25) is 0 Å². The Bertz CT molecular complexity index is 77.4. The summed E-state index contributed by atoms with van der Waals surface area (Å²) in [5, 5.41) is 0. The van der Waals surface area contributed by atoms with E-state index in [0.717, 1.165) is 5.75 Å². The van der Waals surface area contributed by atoms with Crippen molar-refractivity contribution in [3.05, 3.63) is 5.73 Å². The first-order valence-electron chi connectivity index (χ1n) is 2.65. The van der Waals surface area contributed by atoms with Crippen LogP contribution in [-0.2, 0) is 21.1 Å². The third kappa shape index (κ3) is 12.2. The third-order valence-electron chi connectivity index (χ3n) is 0.731. The molecular weight excluding hydrogens is 234 g/mol. The number of hydrogen-bond acceptors (Lipinski definition) is 2. The fourth-order valence-electron chi connectivity index (χ4n) is 0.309. The van der Waals surface area contributed by atoms with Gasteiger partial charge in [0.1, 0.15) is 0 Å². The number of rotatable bonds is 3. The standard InChI is InChI=1S/C5H11NS2.Mo/c1-2-3-4-8-5(6)7;/h2-4H2,1H3,(H2,6,7);/p-1. The van der Waals surface area contributed by atoms with E-state index in [9.17, 15) is 0 Å². The second kappa shape index (κ2) is 8.93. The first kappa shape index (κ1) is 12.6. The van der Waals surface area contributed by atoms with E-state index in [1.54, 1.807) is 0 Å². The zero-order valence-electron chi connectivity index (χ0n) is 5.35. The monoisotopic (exact) mass is 246 g/mol. The van der Waals surface area contributed by atoms with Gasteiger partial charge in [0.15, 0.2) is 0 Å². The van der Waals surface area contributed by atoms with Crippen molar-refractivity contribution < 1.29 is 21.1 Å². The average molecular weight is 244 g/mol. The van der Waals surface area contributed by atoms with E-state index < -0.39 is 0 Å². The van der Waals surface area contributed by atoms with Gasteiger partial charge in [0.2, 0.25) is 0 Å². The first-order chi connectivity index (χ1) is 3.77. The van der Waals surface area contributed by atoms with Crippen molar-refractivity contribution in [2.24, 2.45) is 0 Å². The van der Waals surface area contributed by atoms with Crippen molar-refractivity contribution in [3.63, 3.8) is 0 Å². The van der Waals surface area contributed by atoms with Gasteiger partial charge in [0.05, 0.1) is 0 Å². The van der Waals surface area contributed by atoms with Crippen molar-refractivity contribution in [2.75, 3.05) is 5.75 Å². The Morgan fingerprint density at radius 2 is 2.22 bits per heavy atom. The quantitative estimate of drug-likeness (QED) is 0.433. The molecule has 0 aromatic rings. The Morgan fingerprint density at radius 3 is 2.56 bits per heavy atom. The summed E-state index contributed by atoms with van der Waals surface area (Å²) in [7, 11) is 0. The van der Waals surface area contributed by atoms with E-state index in [1.807, 2.05) is 0 Å². The molecule has 0 aliphatic heterocycles. The van der Waals surface area contributed by atoms with Crippen molar-refractivity contribution in [1.29, 1.82) is 0 Å². The van der Waals surface area contributed by atoms with Crippen molar-refractivity contribution >= 4 is 28.3 Å². The Hall–Kier alpha value is 0.928. The fourth-order valence-corrected chi connectivity index (χ4v) is 1.18. The summed E-state index contributed by atoms with van der Waals surface area (Å²) in [5.74, 6) is 1.01. The maximum atomic E-state index is 6.85. The molecule has 1 N–H and O–H groups in total. The first-order valence-corrected chi connectivity index (χ1v) is 4.05. The Balaban J connectivity index is 0. The summed E-state index contributed by atoms with van der Waals surface area (Å²) in [6, 6.07) is 0. The summed E-state index contributed by atoms with van der Waals surface area (Å²) in [6.07, 6.45) is 2.36. The maximum absolute atomic E-state index is 6.85. The predicted octanol–water partition coefficient (Wildman–Crippen LogP) is 2.85. The smallest absolute Gasteiger partial charge is 0 e.